The van der Waals surface area contributed by atoms with Crippen LogP contribution in [0.5, 0.6) is 11.5 Å². The zero-order chi connectivity index (χ0) is 66.5. The summed E-state index contributed by atoms with van der Waals surface area (Å²) in [5.41, 5.74) is 7.00. The molecule has 7 aromatic carbocycles. The number of allylic oxidation sites excluding steroid dienone is 2. The van der Waals surface area contributed by atoms with Crippen LogP contribution in [0.1, 0.15) is 45.2 Å². The Kier molecular flexibility index (Phi) is 21.9. The van der Waals surface area contributed by atoms with Gasteiger partial charge in [-0.05, 0) is 142 Å². The quantitative estimate of drug-likeness (QED) is 0.0156. The van der Waals surface area contributed by atoms with Gasteiger partial charge in [-0.15, -0.1) is 0 Å². The van der Waals surface area contributed by atoms with Gasteiger partial charge in [0.15, 0.2) is 17.4 Å². The summed E-state index contributed by atoms with van der Waals surface area (Å²) in [4.78, 5) is 83.6. The van der Waals surface area contributed by atoms with Gasteiger partial charge in [-0.25, -0.2) is 19.3 Å². The van der Waals surface area contributed by atoms with Crippen molar-refractivity contribution in [3.05, 3.63) is 259 Å². The number of hydrogen-bond acceptors (Lipinski definition) is 19. The maximum Gasteiger partial charge on any atom is 0.256 e. The minimum absolute atomic E-state index is 0.0790. The third kappa shape index (κ3) is 19.4. The minimum atomic E-state index is -0.692. The Bertz CT molecular complexity index is 4440. The lowest BCUT2D eigenvalue weighted by Gasteiger charge is -2.14. The summed E-state index contributed by atoms with van der Waals surface area (Å²) in [5.74, 6) is 0.0353. The molecule has 0 radical (unpaired) electrons. The number of rotatable bonds is 29. The molecule has 0 atom stereocenters. The van der Waals surface area contributed by atoms with E-state index in [4.69, 9.17) is 14.5 Å². The van der Waals surface area contributed by atoms with Crippen LogP contribution in [0.2, 0.25) is 0 Å². The number of methoxy groups -OCH3 is 1. The predicted molar refractivity (Wildman–Crippen MR) is 371 cm³/mol. The van der Waals surface area contributed by atoms with E-state index >= 15 is 4.39 Å². The van der Waals surface area contributed by atoms with E-state index in [9.17, 15) is 19.2 Å². The summed E-state index contributed by atoms with van der Waals surface area (Å²) in [5, 5.41) is 27.7. The lowest BCUT2D eigenvalue weighted by molar-refractivity contribution is -0.113. The summed E-state index contributed by atoms with van der Waals surface area (Å²) >= 11 is 0. The number of carbonyl (C=O) groups is 4. The molecule has 478 valence electrons. The standard InChI is InChI=1S/C72H67FN16O6/c1-46(36-47(2)68(92)82-57-25-14-24-56(40-57)81-67-62(73)45-77-72(88-67)85-58-26-15-27-60(41-58)95-35-34-89(3)4)37-63(90)49-16-12-21-53(38-49)79-65-50(43-75-70(86-65)83-51-17-8-6-9-18-51)30-33-64(91)78-54-22-13-23-55(39-54)80-66-61(44-76-71(87-66)84-52-19-10-7-11-20-52)69(93)74-42-48-28-31-59(94-5)32-29-48/h6-33,37-41,43-45H,2,34-36,42H2,1,3-5H3,(H,74,93)(H,78,91)(H,82,92)(H2,75,79,83,86)(H2,76,80,84,87)(H2,77,81,85,88)/b33-30+,46-37+. The van der Waals surface area contributed by atoms with E-state index in [1.165, 1.54) is 18.3 Å². The normalized spacial score (nSPS) is 11.1. The van der Waals surface area contributed by atoms with Gasteiger partial charge in [-0.1, -0.05) is 91.0 Å². The van der Waals surface area contributed by atoms with Crippen molar-refractivity contribution in [2.45, 2.75) is 19.9 Å². The zero-order valence-corrected chi connectivity index (χ0v) is 52.3. The molecule has 3 amide bonds. The topological polar surface area (TPSA) is 276 Å². The number of carbonyl (C=O) groups excluding carboxylic acids is 4. The van der Waals surface area contributed by atoms with Crippen molar-refractivity contribution in [2.75, 3.05) is 76.9 Å². The lowest BCUT2D eigenvalue weighted by Crippen LogP contribution is -2.24. The number of para-hydroxylation sites is 2. The molecule has 3 aromatic heterocycles. The van der Waals surface area contributed by atoms with Gasteiger partial charge in [0, 0.05) is 99.8 Å². The van der Waals surface area contributed by atoms with E-state index in [0.29, 0.717) is 74.7 Å². The van der Waals surface area contributed by atoms with Crippen molar-refractivity contribution in [3.63, 3.8) is 0 Å². The zero-order valence-electron chi connectivity index (χ0n) is 52.3. The Morgan fingerprint density at radius 2 is 1.09 bits per heavy atom. The van der Waals surface area contributed by atoms with Gasteiger partial charge in [0.05, 0.1) is 13.3 Å². The van der Waals surface area contributed by atoms with Crippen LogP contribution in [-0.2, 0) is 16.1 Å². The molecule has 0 aliphatic carbocycles. The van der Waals surface area contributed by atoms with Crippen LogP contribution in [0, 0.1) is 5.82 Å². The third-order valence-corrected chi connectivity index (χ3v) is 14.0. The Hall–Kier alpha value is -12.6. The molecule has 22 nitrogen and oxygen atoms in total. The fourth-order valence-electron chi connectivity index (χ4n) is 9.21. The summed E-state index contributed by atoms with van der Waals surface area (Å²) in [6.07, 6.45) is 8.48. The largest absolute Gasteiger partial charge is 0.497 e. The summed E-state index contributed by atoms with van der Waals surface area (Å²) in [6, 6.07) is 53.8. The molecule has 0 aliphatic rings. The number of benzene rings is 7. The second kappa shape index (κ2) is 31.9. The number of amides is 3. The predicted octanol–water partition coefficient (Wildman–Crippen LogP) is 13.9. The molecule has 23 heteroatoms. The van der Waals surface area contributed by atoms with E-state index < -0.39 is 23.5 Å². The number of aromatic nitrogens is 6. The average molecular weight is 1270 g/mol. The number of nitrogens with one attached hydrogen (secondary N) is 9. The van der Waals surface area contributed by atoms with Gasteiger partial charge >= 0.3 is 0 Å². The molecule has 0 saturated carbocycles. The Morgan fingerprint density at radius 3 is 1.76 bits per heavy atom. The van der Waals surface area contributed by atoms with Crippen LogP contribution >= 0.6 is 0 Å². The Labute approximate surface area is 548 Å². The fraction of sp³-hybridized carbons (Fsp3) is 0.111. The van der Waals surface area contributed by atoms with Gasteiger partial charge in [0.1, 0.15) is 35.3 Å². The van der Waals surface area contributed by atoms with Crippen LogP contribution in [0.4, 0.5) is 85.2 Å². The van der Waals surface area contributed by atoms with Crippen molar-refractivity contribution >= 4 is 110 Å². The Morgan fingerprint density at radius 1 is 0.558 bits per heavy atom. The second-order valence-electron chi connectivity index (χ2n) is 21.7. The fourth-order valence-corrected chi connectivity index (χ4v) is 9.21. The molecule has 0 spiro atoms. The highest BCUT2D eigenvalue weighted by Crippen LogP contribution is 2.29. The molecule has 0 unspecified atom stereocenters. The number of ether oxygens (including phenoxy) is 2. The molecule has 95 heavy (non-hydrogen) atoms. The molecule has 3 heterocycles. The highest BCUT2D eigenvalue weighted by molar-refractivity contribution is 6.07. The molecule has 0 bridgehead atoms. The maximum atomic E-state index is 15.1. The van der Waals surface area contributed by atoms with Crippen molar-refractivity contribution in [1.29, 1.82) is 0 Å². The average Bonchev–Trinajstić information content (AvgIpc) is 1.19. The van der Waals surface area contributed by atoms with Gasteiger partial charge in [0.25, 0.3) is 11.8 Å². The van der Waals surface area contributed by atoms with Crippen LogP contribution in [-0.4, -0.2) is 92.7 Å². The SMILES string of the molecule is C=C(C/C(C)=C/C(=O)c1cccc(Nc2nc(Nc3ccccc3)ncc2/C=C/C(=O)Nc2cccc(Nc3nc(Nc4ccccc4)ncc3C(=O)NCc3ccc(OC)cc3)c2)c1)C(=O)Nc1cccc(Nc2nc(Nc3cccc(OCCN(C)C)c3)ncc2F)c1. The first-order valence-corrected chi connectivity index (χ1v) is 29.9. The maximum absolute atomic E-state index is 15.1. The van der Waals surface area contributed by atoms with Crippen molar-refractivity contribution in [1.82, 2.24) is 40.1 Å². The van der Waals surface area contributed by atoms with Crippen molar-refractivity contribution < 1.29 is 33.0 Å². The molecule has 0 aliphatic heterocycles. The van der Waals surface area contributed by atoms with Crippen LogP contribution < -0.4 is 57.3 Å². The lowest BCUT2D eigenvalue weighted by atomic mass is 10.0. The number of likely N-dealkylation sites (N-methyl/N-ethyl adjacent to an activating group) is 1. The number of anilines is 14. The van der Waals surface area contributed by atoms with Gasteiger partial charge in [-0.2, -0.15) is 15.0 Å². The first-order valence-electron chi connectivity index (χ1n) is 29.9. The van der Waals surface area contributed by atoms with Crippen LogP contribution in [0.25, 0.3) is 6.08 Å². The van der Waals surface area contributed by atoms with Gasteiger partial charge in [-0.3, -0.25) is 19.2 Å². The van der Waals surface area contributed by atoms with Gasteiger partial charge < -0.3 is 62.2 Å². The smallest absolute Gasteiger partial charge is 0.256 e. The van der Waals surface area contributed by atoms with E-state index in [0.717, 1.165) is 29.7 Å². The van der Waals surface area contributed by atoms with E-state index in [-0.39, 0.29) is 59.4 Å². The van der Waals surface area contributed by atoms with E-state index in [1.54, 1.807) is 105 Å². The summed E-state index contributed by atoms with van der Waals surface area (Å²) < 4.78 is 26.2. The summed E-state index contributed by atoms with van der Waals surface area (Å²) in [6.45, 7) is 7.22. The van der Waals surface area contributed by atoms with Crippen LogP contribution in [0.15, 0.2) is 230 Å². The highest BCUT2D eigenvalue weighted by Gasteiger charge is 2.18. The molecular formula is C72H67FN16O6. The van der Waals surface area contributed by atoms with Crippen LogP contribution in [0.3, 0.4) is 0 Å². The summed E-state index contributed by atoms with van der Waals surface area (Å²) in [7, 11) is 5.52. The van der Waals surface area contributed by atoms with Gasteiger partial charge in [0.2, 0.25) is 23.8 Å². The minimum Gasteiger partial charge on any atom is -0.497 e. The third-order valence-electron chi connectivity index (χ3n) is 14.0. The molecule has 9 N–H and O–H groups in total. The first-order chi connectivity index (χ1) is 46.1. The van der Waals surface area contributed by atoms with Crippen molar-refractivity contribution in [2.24, 2.45) is 0 Å². The molecule has 10 aromatic rings. The van der Waals surface area contributed by atoms with E-state index in [2.05, 4.69) is 79.3 Å². The highest BCUT2D eigenvalue weighted by atomic mass is 19.1. The molecule has 0 fully saturated rings. The molecule has 0 saturated heterocycles. The second-order valence-corrected chi connectivity index (χ2v) is 21.7. The Balaban J connectivity index is 0.774. The molecular weight excluding hydrogens is 1200 g/mol. The van der Waals surface area contributed by atoms with Crippen molar-refractivity contribution in [3.8, 4) is 11.5 Å². The monoisotopic (exact) mass is 1270 g/mol. The number of nitrogens with zero attached hydrogens (tertiary/aromatic N) is 7. The van der Waals surface area contributed by atoms with E-state index in [1.807, 2.05) is 122 Å². The number of ketones is 1. The first kappa shape index (κ1) is 65.3. The molecule has 10 rings (SSSR count). The number of halogens is 1. The number of hydrogen-bond donors (Lipinski definition) is 9.